The average molecular weight is 166 g/mol. The van der Waals surface area contributed by atoms with Crippen molar-refractivity contribution in [1.82, 2.24) is 5.32 Å². The monoisotopic (exact) mass is 166 g/mol. The van der Waals surface area contributed by atoms with Crippen LogP contribution in [-0.4, -0.2) is 31.8 Å². The Kier molecular flexibility index (Phi) is 3.16. The van der Waals surface area contributed by atoms with E-state index in [1.165, 1.54) is 0 Å². The van der Waals surface area contributed by atoms with Gasteiger partial charge in [-0.2, -0.15) is 8.78 Å². The SMILES string of the molecule is NC1CNCCC1OC(F)F. The smallest absolute Gasteiger partial charge is 0.324 e. The van der Waals surface area contributed by atoms with Crippen molar-refractivity contribution in [2.45, 2.75) is 25.2 Å². The Morgan fingerprint density at radius 3 is 2.82 bits per heavy atom. The Labute approximate surface area is 63.9 Å². The van der Waals surface area contributed by atoms with E-state index in [1.807, 2.05) is 0 Å². The Morgan fingerprint density at radius 2 is 2.27 bits per heavy atom. The van der Waals surface area contributed by atoms with Gasteiger partial charge in [-0.05, 0) is 13.0 Å². The molecule has 1 rings (SSSR count). The first-order valence-electron chi connectivity index (χ1n) is 3.60. The predicted molar refractivity (Wildman–Crippen MR) is 36.3 cm³/mol. The van der Waals surface area contributed by atoms with E-state index in [0.29, 0.717) is 19.5 Å². The lowest BCUT2D eigenvalue weighted by molar-refractivity contribution is -0.171. The zero-order chi connectivity index (χ0) is 8.27. The van der Waals surface area contributed by atoms with Gasteiger partial charge in [-0.3, -0.25) is 0 Å². The molecule has 1 fully saturated rings. The van der Waals surface area contributed by atoms with E-state index in [1.54, 1.807) is 0 Å². The summed E-state index contributed by atoms with van der Waals surface area (Å²) in [5.74, 6) is 0. The van der Waals surface area contributed by atoms with Crippen LogP contribution in [0.1, 0.15) is 6.42 Å². The van der Waals surface area contributed by atoms with Crippen LogP contribution < -0.4 is 11.1 Å². The molecule has 0 radical (unpaired) electrons. The number of hydrogen-bond acceptors (Lipinski definition) is 3. The van der Waals surface area contributed by atoms with Crippen LogP contribution in [0.25, 0.3) is 0 Å². The normalized spacial score (nSPS) is 32.7. The minimum absolute atomic E-state index is 0.308. The second-order valence-electron chi connectivity index (χ2n) is 2.59. The van der Waals surface area contributed by atoms with Crippen LogP contribution in [0, 0.1) is 0 Å². The molecule has 1 saturated heterocycles. The van der Waals surface area contributed by atoms with Crippen LogP contribution in [-0.2, 0) is 4.74 Å². The number of nitrogens with two attached hydrogens (primary N) is 1. The van der Waals surface area contributed by atoms with Gasteiger partial charge in [-0.15, -0.1) is 0 Å². The van der Waals surface area contributed by atoms with Crippen molar-refractivity contribution in [2.75, 3.05) is 13.1 Å². The van der Waals surface area contributed by atoms with E-state index < -0.39 is 12.7 Å². The fourth-order valence-electron chi connectivity index (χ4n) is 1.16. The first-order valence-corrected chi connectivity index (χ1v) is 3.60. The van der Waals surface area contributed by atoms with E-state index in [4.69, 9.17) is 5.73 Å². The molecule has 0 saturated carbocycles. The van der Waals surface area contributed by atoms with Gasteiger partial charge in [-0.1, -0.05) is 0 Å². The van der Waals surface area contributed by atoms with Crippen LogP contribution in [0.4, 0.5) is 8.78 Å². The summed E-state index contributed by atoms with van der Waals surface area (Å²) in [7, 11) is 0. The molecule has 1 aliphatic rings. The Hall–Kier alpha value is -0.260. The lowest BCUT2D eigenvalue weighted by Crippen LogP contribution is -2.50. The van der Waals surface area contributed by atoms with E-state index in [2.05, 4.69) is 10.1 Å². The van der Waals surface area contributed by atoms with E-state index >= 15 is 0 Å². The van der Waals surface area contributed by atoms with E-state index in [0.717, 1.165) is 0 Å². The molecule has 3 nitrogen and oxygen atoms in total. The second-order valence-corrected chi connectivity index (χ2v) is 2.59. The molecule has 1 aliphatic heterocycles. The minimum Gasteiger partial charge on any atom is -0.324 e. The molecule has 0 aromatic rings. The first-order chi connectivity index (χ1) is 5.20. The van der Waals surface area contributed by atoms with Crippen LogP contribution in [0.15, 0.2) is 0 Å². The highest BCUT2D eigenvalue weighted by Gasteiger charge is 2.24. The molecule has 5 heteroatoms. The quantitative estimate of drug-likeness (QED) is 0.603. The molecule has 11 heavy (non-hydrogen) atoms. The fourth-order valence-corrected chi connectivity index (χ4v) is 1.16. The van der Waals surface area contributed by atoms with Gasteiger partial charge in [0.2, 0.25) is 0 Å². The van der Waals surface area contributed by atoms with Crippen molar-refractivity contribution in [3.8, 4) is 0 Å². The van der Waals surface area contributed by atoms with Crippen molar-refractivity contribution in [1.29, 1.82) is 0 Å². The molecular weight excluding hydrogens is 154 g/mol. The molecule has 2 atom stereocenters. The predicted octanol–water partition coefficient (Wildman–Crippen LogP) is -0.0852. The summed E-state index contributed by atoms with van der Waals surface area (Å²) in [4.78, 5) is 0. The number of rotatable bonds is 2. The van der Waals surface area contributed by atoms with E-state index in [-0.39, 0.29) is 6.04 Å². The summed E-state index contributed by atoms with van der Waals surface area (Å²) in [6.07, 6.45) is 0.0714. The largest absolute Gasteiger partial charge is 0.345 e. The van der Waals surface area contributed by atoms with Gasteiger partial charge in [0.1, 0.15) is 0 Å². The minimum atomic E-state index is -2.70. The Balaban J connectivity index is 2.29. The van der Waals surface area contributed by atoms with Crippen molar-refractivity contribution in [3.05, 3.63) is 0 Å². The number of hydrogen-bond donors (Lipinski definition) is 2. The third-order valence-electron chi connectivity index (χ3n) is 1.74. The Morgan fingerprint density at radius 1 is 1.55 bits per heavy atom. The number of ether oxygens (including phenoxy) is 1. The van der Waals surface area contributed by atoms with Crippen LogP contribution in [0.2, 0.25) is 0 Å². The van der Waals surface area contributed by atoms with Crippen molar-refractivity contribution < 1.29 is 13.5 Å². The summed E-state index contributed by atoms with van der Waals surface area (Å²) < 4.78 is 27.7. The summed E-state index contributed by atoms with van der Waals surface area (Å²) in [6.45, 7) is -1.45. The van der Waals surface area contributed by atoms with E-state index in [9.17, 15) is 8.78 Å². The fraction of sp³-hybridized carbons (Fsp3) is 1.00. The molecular formula is C6H12F2N2O. The molecule has 66 valence electrons. The van der Waals surface area contributed by atoms with Gasteiger partial charge < -0.3 is 15.8 Å². The van der Waals surface area contributed by atoms with Crippen LogP contribution in [0.3, 0.4) is 0 Å². The zero-order valence-electron chi connectivity index (χ0n) is 6.09. The van der Waals surface area contributed by atoms with Crippen LogP contribution >= 0.6 is 0 Å². The summed E-state index contributed by atoms with van der Waals surface area (Å²) in [6, 6.07) is -0.308. The number of piperidine rings is 1. The Bertz CT molecular complexity index is 123. The summed E-state index contributed by atoms with van der Waals surface area (Å²) in [5.41, 5.74) is 5.51. The van der Waals surface area contributed by atoms with Crippen molar-refractivity contribution >= 4 is 0 Å². The summed E-state index contributed by atoms with van der Waals surface area (Å²) in [5, 5.41) is 2.99. The molecule has 0 bridgehead atoms. The van der Waals surface area contributed by atoms with Gasteiger partial charge >= 0.3 is 6.61 Å². The van der Waals surface area contributed by atoms with Crippen LogP contribution in [0.5, 0.6) is 0 Å². The van der Waals surface area contributed by atoms with Gasteiger partial charge in [0.25, 0.3) is 0 Å². The standard InChI is InChI=1S/C6H12F2N2O/c7-6(8)11-5-1-2-10-3-4(5)9/h4-6,10H,1-3,9H2. The molecule has 1 heterocycles. The van der Waals surface area contributed by atoms with Gasteiger partial charge in [-0.25, -0.2) is 0 Å². The van der Waals surface area contributed by atoms with Gasteiger partial charge in [0.15, 0.2) is 0 Å². The lowest BCUT2D eigenvalue weighted by Gasteiger charge is -2.28. The molecule has 0 aromatic carbocycles. The zero-order valence-corrected chi connectivity index (χ0v) is 6.09. The van der Waals surface area contributed by atoms with Gasteiger partial charge in [0.05, 0.1) is 6.10 Å². The summed E-state index contributed by atoms with van der Waals surface area (Å²) >= 11 is 0. The number of nitrogens with one attached hydrogen (secondary N) is 1. The average Bonchev–Trinajstić information content (AvgIpc) is 1.93. The third-order valence-corrected chi connectivity index (χ3v) is 1.74. The topological polar surface area (TPSA) is 47.3 Å². The highest BCUT2D eigenvalue weighted by atomic mass is 19.3. The highest BCUT2D eigenvalue weighted by Crippen LogP contribution is 2.10. The molecule has 0 amide bonds. The highest BCUT2D eigenvalue weighted by molar-refractivity contribution is 4.81. The molecule has 3 N–H and O–H groups in total. The van der Waals surface area contributed by atoms with Crippen molar-refractivity contribution in [3.63, 3.8) is 0 Å². The maximum atomic E-state index is 11.7. The van der Waals surface area contributed by atoms with Crippen molar-refractivity contribution in [2.24, 2.45) is 5.73 Å². The third kappa shape index (κ3) is 2.69. The number of alkyl halides is 2. The van der Waals surface area contributed by atoms with Gasteiger partial charge in [0, 0.05) is 12.6 Å². The molecule has 0 spiro atoms. The maximum absolute atomic E-state index is 11.7. The second kappa shape index (κ2) is 3.94. The molecule has 0 aliphatic carbocycles. The molecule has 0 aromatic heterocycles. The number of halogens is 2. The molecule has 2 unspecified atom stereocenters. The maximum Gasteiger partial charge on any atom is 0.345 e. The first kappa shape index (κ1) is 8.83. The lowest BCUT2D eigenvalue weighted by atomic mass is 10.1.